The molecule has 0 radical (unpaired) electrons. The fourth-order valence-corrected chi connectivity index (χ4v) is 2.12. The van der Waals surface area contributed by atoms with Gasteiger partial charge >= 0.3 is 6.09 Å². The van der Waals surface area contributed by atoms with E-state index in [9.17, 15) is 4.79 Å². The monoisotopic (exact) mass is 214 g/mol. The van der Waals surface area contributed by atoms with Crippen molar-refractivity contribution in [2.45, 2.75) is 32.5 Å². The Labute approximate surface area is 89.6 Å². The summed E-state index contributed by atoms with van der Waals surface area (Å²) in [5.74, 6) is 0. The van der Waals surface area contributed by atoms with Crippen LogP contribution in [0, 0.1) is 0 Å². The maximum Gasteiger partial charge on any atom is 0.408 e. The summed E-state index contributed by atoms with van der Waals surface area (Å²) in [6, 6.07) is 0.0135. The maximum atomic E-state index is 11.1. The fourth-order valence-electron chi connectivity index (χ4n) is 2.12. The largest absolute Gasteiger partial charge is 0.516 e. The Morgan fingerprint density at radius 1 is 1.60 bits per heavy atom. The molecule has 1 rings (SSSR count). The standard InChI is InChI=1S/C10H18N2O3/c1-3-11-7-8(2)12(10(14)15)9(11)5-4-6-13/h4,6,8-9,13H,3,5,7H2,1-2H3,(H,14,15). The first-order valence-corrected chi connectivity index (χ1v) is 5.16. The molecule has 5 heteroatoms. The minimum Gasteiger partial charge on any atom is -0.516 e. The van der Waals surface area contributed by atoms with Crippen molar-refractivity contribution < 1.29 is 15.0 Å². The predicted octanol–water partition coefficient (Wildman–Crippen LogP) is 1.48. The number of likely N-dealkylation sites (N-methyl/N-ethyl adjacent to an activating group) is 1. The molecule has 2 unspecified atom stereocenters. The number of nitrogens with zero attached hydrogens (tertiary/aromatic N) is 2. The molecule has 0 aromatic carbocycles. The first kappa shape index (κ1) is 11.8. The van der Waals surface area contributed by atoms with Crippen LogP contribution in [0.15, 0.2) is 12.3 Å². The van der Waals surface area contributed by atoms with E-state index in [0.717, 1.165) is 19.4 Å². The van der Waals surface area contributed by atoms with Crippen LogP contribution in [-0.2, 0) is 0 Å². The van der Waals surface area contributed by atoms with Crippen molar-refractivity contribution in [1.29, 1.82) is 0 Å². The molecule has 1 heterocycles. The quantitative estimate of drug-likeness (QED) is 0.698. The van der Waals surface area contributed by atoms with E-state index >= 15 is 0 Å². The van der Waals surface area contributed by atoms with E-state index in [1.807, 2.05) is 13.8 Å². The Morgan fingerprint density at radius 3 is 2.73 bits per heavy atom. The van der Waals surface area contributed by atoms with Crippen molar-refractivity contribution in [3.8, 4) is 0 Å². The molecule has 2 N–H and O–H groups in total. The normalized spacial score (nSPS) is 27.7. The zero-order valence-electron chi connectivity index (χ0n) is 9.13. The molecule has 1 aliphatic heterocycles. The van der Waals surface area contributed by atoms with Crippen LogP contribution in [0.1, 0.15) is 20.3 Å². The third-order valence-corrected chi connectivity index (χ3v) is 2.80. The minimum atomic E-state index is -0.894. The molecule has 0 aromatic rings. The average molecular weight is 214 g/mol. The van der Waals surface area contributed by atoms with E-state index < -0.39 is 6.09 Å². The molecule has 86 valence electrons. The highest BCUT2D eigenvalue weighted by Gasteiger charge is 2.38. The summed E-state index contributed by atoms with van der Waals surface area (Å²) >= 11 is 0. The predicted molar refractivity (Wildman–Crippen MR) is 56.7 cm³/mol. The van der Waals surface area contributed by atoms with Crippen LogP contribution in [0.4, 0.5) is 4.79 Å². The molecule has 1 amide bonds. The van der Waals surface area contributed by atoms with E-state index in [4.69, 9.17) is 10.2 Å². The smallest absolute Gasteiger partial charge is 0.408 e. The van der Waals surface area contributed by atoms with Gasteiger partial charge in [0.05, 0.1) is 12.4 Å². The molecular weight excluding hydrogens is 196 g/mol. The molecule has 1 saturated heterocycles. The molecule has 0 aliphatic carbocycles. The highest BCUT2D eigenvalue weighted by atomic mass is 16.4. The molecule has 0 aromatic heterocycles. The summed E-state index contributed by atoms with van der Waals surface area (Å²) < 4.78 is 0. The second kappa shape index (κ2) is 5.02. The third kappa shape index (κ3) is 2.41. The Kier molecular flexibility index (Phi) is 3.96. The van der Waals surface area contributed by atoms with Gasteiger partial charge in [-0.15, -0.1) is 0 Å². The summed E-state index contributed by atoms with van der Waals surface area (Å²) in [5.41, 5.74) is 0. The Hall–Kier alpha value is -1.23. The van der Waals surface area contributed by atoms with Gasteiger partial charge < -0.3 is 10.2 Å². The molecule has 15 heavy (non-hydrogen) atoms. The summed E-state index contributed by atoms with van der Waals surface area (Å²) in [4.78, 5) is 14.6. The van der Waals surface area contributed by atoms with Crippen molar-refractivity contribution in [2.24, 2.45) is 0 Å². The highest BCUT2D eigenvalue weighted by molar-refractivity contribution is 5.66. The molecule has 0 spiro atoms. The second-order valence-corrected chi connectivity index (χ2v) is 3.73. The molecule has 1 fully saturated rings. The van der Waals surface area contributed by atoms with Crippen LogP contribution in [0.5, 0.6) is 0 Å². The van der Waals surface area contributed by atoms with Gasteiger partial charge in [0, 0.05) is 19.0 Å². The van der Waals surface area contributed by atoms with Gasteiger partial charge in [-0.1, -0.05) is 6.92 Å². The lowest BCUT2D eigenvalue weighted by atomic mass is 10.3. The number of amides is 1. The minimum absolute atomic E-state index is 0.0135. The van der Waals surface area contributed by atoms with Crippen LogP contribution in [0.2, 0.25) is 0 Å². The third-order valence-electron chi connectivity index (χ3n) is 2.80. The first-order valence-electron chi connectivity index (χ1n) is 5.16. The topological polar surface area (TPSA) is 64.0 Å². The Bertz CT molecular complexity index is 255. The molecule has 2 atom stereocenters. The Balaban J connectivity index is 2.77. The SMILES string of the molecule is CCN1CC(C)N(C(=O)O)C1CC=CO. The number of carboxylic acid groups (broad SMARTS) is 1. The van der Waals surface area contributed by atoms with Crippen molar-refractivity contribution in [2.75, 3.05) is 13.1 Å². The van der Waals surface area contributed by atoms with Crippen LogP contribution in [-0.4, -0.2) is 51.4 Å². The van der Waals surface area contributed by atoms with Gasteiger partial charge in [-0.05, 0) is 19.5 Å². The van der Waals surface area contributed by atoms with E-state index in [1.165, 1.54) is 4.90 Å². The van der Waals surface area contributed by atoms with Gasteiger partial charge in [-0.2, -0.15) is 0 Å². The van der Waals surface area contributed by atoms with Gasteiger partial charge in [0.1, 0.15) is 0 Å². The van der Waals surface area contributed by atoms with Crippen molar-refractivity contribution in [3.05, 3.63) is 12.3 Å². The van der Waals surface area contributed by atoms with Crippen LogP contribution in [0.3, 0.4) is 0 Å². The summed E-state index contributed by atoms with van der Waals surface area (Å²) in [6.45, 7) is 5.48. The number of aliphatic hydroxyl groups excluding tert-OH is 1. The molecule has 1 aliphatic rings. The lowest BCUT2D eigenvalue weighted by molar-refractivity contribution is 0.100. The first-order chi connectivity index (χ1) is 7.11. The van der Waals surface area contributed by atoms with Gasteiger partial charge in [0.15, 0.2) is 0 Å². The fraction of sp³-hybridized carbons (Fsp3) is 0.700. The number of hydrogen-bond acceptors (Lipinski definition) is 3. The number of hydrogen-bond donors (Lipinski definition) is 2. The zero-order chi connectivity index (χ0) is 11.4. The highest BCUT2D eigenvalue weighted by Crippen LogP contribution is 2.23. The van der Waals surface area contributed by atoms with Crippen molar-refractivity contribution >= 4 is 6.09 Å². The molecule has 5 nitrogen and oxygen atoms in total. The summed E-state index contributed by atoms with van der Waals surface area (Å²) in [5, 5.41) is 17.7. The van der Waals surface area contributed by atoms with Crippen LogP contribution >= 0.6 is 0 Å². The number of rotatable bonds is 3. The molecular formula is C10H18N2O3. The summed E-state index contributed by atoms with van der Waals surface area (Å²) in [7, 11) is 0. The lowest BCUT2D eigenvalue weighted by Crippen LogP contribution is -2.42. The van der Waals surface area contributed by atoms with Crippen molar-refractivity contribution in [1.82, 2.24) is 9.80 Å². The van der Waals surface area contributed by atoms with Gasteiger partial charge in [0.2, 0.25) is 0 Å². The van der Waals surface area contributed by atoms with Gasteiger partial charge in [-0.3, -0.25) is 9.80 Å². The second-order valence-electron chi connectivity index (χ2n) is 3.73. The maximum absolute atomic E-state index is 11.1. The number of carbonyl (C=O) groups is 1. The Morgan fingerprint density at radius 2 is 2.27 bits per heavy atom. The van der Waals surface area contributed by atoms with Gasteiger partial charge in [0.25, 0.3) is 0 Å². The van der Waals surface area contributed by atoms with Crippen LogP contribution < -0.4 is 0 Å². The molecule has 0 saturated carbocycles. The zero-order valence-corrected chi connectivity index (χ0v) is 9.13. The van der Waals surface area contributed by atoms with E-state index in [0.29, 0.717) is 6.42 Å². The summed E-state index contributed by atoms with van der Waals surface area (Å²) in [6.07, 6.45) is 2.04. The van der Waals surface area contributed by atoms with Crippen molar-refractivity contribution in [3.63, 3.8) is 0 Å². The van der Waals surface area contributed by atoms with E-state index in [2.05, 4.69) is 4.90 Å². The van der Waals surface area contributed by atoms with Gasteiger partial charge in [-0.25, -0.2) is 4.79 Å². The van der Waals surface area contributed by atoms with E-state index in [-0.39, 0.29) is 12.2 Å². The number of aliphatic hydroxyl groups is 1. The van der Waals surface area contributed by atoms with Crippen LogP contribution in [0.25, 0.3) is 0 Å². The van der Waals surface area contributed by atoms with E-state index in [1.54, 1.807) is 6.08 Å². The molecule has 0 bridgehead atoms. The lowest BCUT2D eigenvalue weighted by Gasteiger charge is -2.27. The average Bonchev–Trinajstić information content (AvgIpc) is 2.51.